The minimum absolute atomic E-state index is 0. The van der Waals surface area contributed by atoms with Gasteiger partial charge in [0.25, 0.3) is 0 Å². The van der Waals surface area contributed by atoms with E-state index in [0.717, 1.165) is 13.1 Å². The highest BCUT2D eigenvalue weighted by Gasteiger charge is 2.19. The smallest absolute Gasteiger partial charge is 0.0856 e. The number of rotatable bonds is 19. The molecule has 2 nitrogen and oxygen atoms in total. The Kier molecular flexibility index (Phi) is 17.8. The maximum absolute atomic E-state index is 4.44. The van der Waals surface area contributed by atoms with Crippen LogP contribution < -0.4 is 0 Å². The van der Waals surface area contributed by atoms with Crippen molar-refractivity contribution in [3.8, 4) is 0 Å². The molecule has 3 heteroatoms. The first kappa shape index (κ1) is 28.0. The zero-order valence-corrected chi connectivity index (χ0v) is 21.1. The summed E-state index contributed by atoms with van der Waals surface area (Å²) in [6.45, 7) is 4.34. The normalized spacial score (nSPS) is 14.0. The molecular formula is C28H49ClN2. The first-order valence-corrected chi connectivity index (χ1v) is 13.2. The third-order valence-electron chi connectivity index (χ3n) is 6.63. The number of nitrogens with zero attached hydrogens (tertiary/aromatic N) is 2. The van der Waals surface area contributed by atoms with Crippen LogP contribution in [-0.2, 0) is 0 Å². The molecule has 0 radical (unpaired) electrons. The van der Waals surface area contributed by atoms with Crippen molar-refractivity contribution in [2.75, 3.05) is 13.1 Å². The Hall–Kier alpha value is -1.02. The van der Waals surface area contributed by atoms with Gasteiger partial charge in [-0.25, -0.2) is 0 Å². The first-order valence-electron chi connectivity index (χ1n) is 13.2. The highest BCUT2D eigenvalue weighted by molar-refractivity contribution is 5.85. The molecule has 0 saturated heterocycles. The van der Waals surface area contributed by atoms with Crippen LogP contribution in [-0.4, -0.2) is 24.3 Å². The van der Waals surface area contributed by atoms with Gasteiger partial charge in [-0.05, 0) is 12.0 Å². The minimum Gasteiger partial charge on any atom is -0.354 e. The molecule has 0 bridgehead atoms. The molecule has 1 aromatic carbocycles. The third kappa shape index (κ3) is 13.2. The summed E-state index contributed by atoms with van der Waals surface area (Å²) in [6, 6.07) is 11.5. The van der Waals surface area contributed by atoms with Crippen LogP contribution in [0.4, 0.5) is 0 Å². The van der Waals surface area contributed by atoms with Crippen molar-refractivity contribution < 1.29 is 0 Å². The van der Waals surface area contributed by atoms with Gasteiger partial charge in [0.1, 0.15) is 0 Å². The van der Waals surface area contributed by atoms with E-state index in [-0.39, 0.29) is 12.4 Å². The Morgan fingerprint density at radius 2 is 1.19 bits per heavy atom. The van der Waals surface area contributed by atoms with Crippen molar-refractivity contribution >= 4 is 18.7 Å². The van der Waals surface area contributed by atoms with E-state index >= 15 is 0 Å². The van der Waals surface area contributed by atoms with E-state index in [9.17, 15) is 0 Å². The van der Waals surface area contributed by atoms with Crippen molar-refractivity contribution in [1.82, 2.24) is 4.90 Å². The van der Waals surface area contributed by atoms with E-state index < -0.39 is 0 Å². The fourth-order valence-electron chi connectivity index (χ4n) is 4.71. The second-order valence-corrected chi connectivity index (χ2v) is 9.28. The zero-order valence-electron chi connectivity index (χ0n) is 20.3. The number of benzene rings is 1. The molecule has 1 unspecified atom stereocenters. The van der Waals surface area contributed by atoms with Crippen molar-refractivity contribution in [2.45, 2.75) is 122 Å². The van der Waals surface area contributed by atoms with Crippen LogP contribution in [0.1, 0.15) is 128 Å². The second kappa shape index (κ2) is 19.6. The van der Waals surface area contributed by atoms with Crippen molar-refractivity contribution in [3.63, 3.8) is 0 Å². The van der Waals surface area contributed by atoms with Gasteiger partial charge in [0.05, 0.1) is 18.9 Å². The quantitative estimate of drug-likeness (QED) is 0.192. The number of unbranched alkanes of at least 4 members (excludes halogenated alkanes) is 15. The fourth-order valence-corrected chi connectivity index (χ4v) is 4.71. The molecule has 0 aliphatic carbocycles. The van der Waals surface area contributed by atoms with Crippen LogP contribution in [0.2, 0.25) is 0 Å². The summed E-state index contributed by atoms with van der Waals surface area (Å²) in [5.41, 5.74) is 1.45. The number of hydrogen-bond donors (Lipinski definition) is 0. The molecule has 178 valence electrons. The molecular weight excluding hydrogens is 400 g/mol. The molecule has 1 aliphatic heterocycles. The maximum atomic E-state index is 4.44. The number of hydrogen-bond acceptors (Lipinski definition) is 2. The summed E-state index contributed by atoms with van der Waals surface area (Å²) in [7, 11) is 0. The summed E-state index contributed by atoms with van der Waals surface area (Å²) >= 11 is 0. The van der Waals surface area contributed by atoms with Gasteiger partial charge in [0.15, 0.2) is 0 Å². The summed E-state index contributed by atoms with van der Waals surface area (Å²) in [6.07, 6.45) is 26.3. The molecule has 2 rings (SSSR count). The average Bonchev–Trinajstić information content (AvgIpc) is 3.31. The standard InChI is InChI=1S/C28H48N2.ClH/c1-2-3-4-5-6-7-8-9-10-11-12-13-14-15-16-20-23-28(30-25-24-29-26-30)27-21-18-17-19-22-27;/h17-19,21-22,26,28H,2-16,20,23-25H2,1H3;1H. The zero-order chi connectivity index (χ0) is 21.1. The maximum Gasteiger partial charge on any atom is 0.0856 e. The van der Waals surface area contributed by atoms with E-state index in [2.05, 4.69) is 53.5 Å². The lowest BCUT2D eigenvalue weighted by molar-refractivity contribution is 0.322. The highest BCUT2D eigenvalue weighted by Crippen LogP contribution is 2.27. The number of halogens is 1. The lowest BCUT2D eigenvalue weighted by atomic mass is 9.98. The van der Waals surface area contributed by atoms with Gasteiger partial charge >= 0.3 is 0 Å². The molecule has 1 heterocycles. The Labute approximate surface area is 199 Å². The van der Waals surface area contributed by atoms with Crippen molar-refractivity contribution in [1.29, 1.82) is 0 Å². The Morgan fingerprint density at radius 1 is 0.710 bits per heavy atom. The van der Waals surface area contributed by atoms with E-state index in [1.54, 1.807) is 0 Å². The fraction of sp³-hybridized carbons (Fsp3) is 0.750. The van der Waals surface area contributed by atoms with Crippen molar-refractivity contribution in [3.05, 3.63) is 35.9 Å². The van der Waals surface area contributed by atoms with Crippen LogP contribution in [0, 0.1) is 0 Å². The Bertz CT molecular complexity index is 531. The monoisotopic (exact) mass is 448 g/mol. The predicted octanol–water partition coefficient (Wildman–Crippen LogP) is 9.15. The van der Waals surface area contributed by atoms with Crippen LogP contribution in [0.3, 0.4) is 0 Å². The van der Waals surface area contributed by atoms with E-state index in [0.29, 0.717) is 6.04 Å². The van der Waals surface area contributed by atoms with Gasteiger partial charge in [-0.2, -0.15) is 0 Å². The Morgan fingerprint density at radius 3 is 1.65 bits per heavy atom. The average molecular weight is 449 g/mol. The van der Waals surface area contributed by atoms with Gasteiger partial charge in [-0.15, -0.1) is 12.4 Å². The van der Waals surface area contributed by atoms with E-state index in [1.165, 1.54) is 115 Å². The molecule has 0 saturated carbocycles. The third-order valence-corrected chi connectivity index (χ3v) is 6.63. The molecule has 0 aromatic heterocycles. The summed E-state index contributed by atoms with van der Waals surface area (Å²) in [4.78, 5) is 6.88. The molecule has 1 aromatic rings. The molecule has 31 heavy (non-hydrogen) atoms. The molecule has 0 fully saturated rings. The lowest BCUT2D eigenvalue weighted by Crippen LogP contribution is -2.25. The minimum atomic E-state index is 0. The van der Waals surface area contributed by atoms with E-state index in [4.69, 9.17) is 0 Å². The van der Waals surface area contributed by atoms with Crippen LogP contribution in [0.15, 0.2) is 35.3 Å². The Balaban J connectivity index is 0.00000480. The summed E-state index contributed by atoms with van der Waals surface area (Å²) in [5, 5.41) is 0. The predicted molar refractivity (Wildman–Crippen MR) is 141 cm³/mol. The lowest BCUT2D eigenvalue weighted by Gasteiger charge is -2.27. The van der Waals surface area contributed by atoms with E-state index in [1.807, 2.05) is 0 Å². The van der Waals surface area contributed by atoms with Crippen LogP contribution >= 0.6 is 12.4 Å². The second-order valence-electron chi connectivity index (χ2n) is 9.28. The molecule has 1 aliphatic rings. The topological polar surface area (TPSA) is 15.6 Å². The van der Waals surface area contributed by atoms with Crippen molar-refractivity contribution in [2.24, 2.45) is 4.99 Å². The van der Waals surface area contributed by atoms with Gasteiger partial charge < -0.3 is 4.90 Å². The molecule has 0 spiro atoms. The highest BCUT2D eigenvalue weighted by atomic mass is 35.5. The van der Waals surface area contributed by atoms with Gasteiger partial charge in [0.2, 0.25) is 0 Å². The summed E-state index contributed by atoms with van der Waals surface area (Å²) in [5.74, 6) is 0. The van der Waals surface area contributed by atoms with Crippen LogP contribution in [0.25, 0.3) is 0 Å². The largest absolute Gasteiger partial charge is 0.354 e. The SMILES string of the molecule is CCCCCCCCCCCCCCCCCCC(c1ccccc1)N1C=NCC1.Cl. The van der Waals surface area contributed by atoms with Gasteiger partial charge in [-0.3, -0.25) is 4.99 Å². The molecule has 1 atom stereocenters. The van der Waals surface area contributed by atoms with Gasteiger partial charge in [-0.1, -0.05) is 140 Å². The number of aliphatic imine (C=N–C) groups is 1. The van der Waals surface area contributed by atoms with Gasteiger partial charge in [0, 0.05) is 6.54 Å². The molecule has 0 N–H and O–H groups in total. The van der Waals surface area contributed by atoms with Crippen LogP contribution in [0.5, 0.6) is 0 Å². The summed E-state index contributed by atoms with van der Waals surface area (Å²) < 4.78 is 0. The first-order chi connectivity index (χ1) is 14.9. The molecule has 0 amide bonds.